The average molecular weight is 458 g/mol. The van der Waals surface area contributed by atoms with Gasteiger partial charge in [-0.05, 0) is 43.2 Å². The molecule has 0 aromatic carbocycles. The third-order valence-electron chi connectivity index (χ3n) is 7.47. The van der Waals surface area contributed by atoms with Gasteiger partial charge < -0.3 is 15.0 Å². The Morgan fingerprint density at radius 3 is 2.81 bits per heavy atom. The molecule has 0 unspecified atom stereocenters. The van der Waals surface area contributed by atoms with E-state index in [2.05, 4.69) is 10.3 Å². The van der Waals surface area contributed by atoms with E-state index in [1.54, 1.807) is 4.90 Å². The minimum absolute atomic E-state index is 0.0105. The smallest absolute Gasteiger partial charge is 0.378 e. The van der Waals surface area contributed by atoms with Crippen LogP contribution >= 0.6 is 0 Å². The number of halogens is 4. The number of carbonyl (C=O) groups excluding carboxylic acids is 1. The Morgan fingerprint density at radius 2 is 2.12 bits per heavy atom. The Kier molecular flexibility index (Phi) is 6.51. The molecular formula is C23H31F4N3O2. The first-order valence-corrected chi connectivity index (χ1v) is 11.4. The van der Waals surface area contributed by atoms with Crippen molar-refractivity contribution >= 4 is 5.91 Å². The number of hydrogen-bond donors (Lipinski definition) is 1. The lowest BCUT2D eigenvalue weighted by Gasteiger charge is -2.40. The first-order valence-electron chi connectivity index (χ1n) is 11.4. The summed E-state index contributed by atoms with van der Waals surface area (Å²) in [6.07, 6.45) is -1.52. The van der Waals surface area contributed by atoms with E-state index in [-0.39, 0.29) is 37.1 Å². The molecule has 2 aliphatic heterocycles. The van der Waals surface area contributed by atoms with E-state index in [4.69, 9.17) is 4.74 Å². The number of ether oxygens (including phenoxy) is 1. The van der Waals surface area contributed by atoms with E-state index in [9.17, 15) is 22.4 Å². The van der Waals surface area contributed by atoms with Crippen LogP contribution in [0.1, 0.15) is 56.4 Å². The van der Waals surface area contributed by atoms with Crippen LogP contribution < -0.4 is 5.32 Å². The summed E-state index contributed by atoms with van der Waals surface area (Å²) in [6.45, 7) is 5.26. The lowest BCUT2D eigenvalue weighted by atomic mass is 9.74. The number of hydrogen-bond acceptors (Lipinski definition) is 4. The lowest BCUT2D eigenvalue weighted by molar-refractivity contribution is -0.146. The monoisotopic (exact) mass is 457 g/mol. The van der Waals surface area contributed by atoms with Gasteiger partial charge in [0.25, 0.3) is 0 Å². The lowest BCUT2D eigenvalue weighted by Crippen LogP contribution is -2.50. The summed E-state index contributed by atoms with van der Waals surface area (Å²) < 4.78 is 58.8. The molecule has 1 aromatic heterocycles. The van der Waals surface area contributed by atoms with Crippen LogP contribution in [0.3, 0.4) is 0 Å². The number of fused-ring (bicyclic) bond motifs is 1. The number of carbonyl (C=O) groups is 1. The van der Waals surface area contributed by atoms with Gasteiger partial charge in [0.2, 0.25) is 5.91 Å². The molecule has 1 amide bonds. The first kappa shape index (κ1) is 23.4. The highest BCUT2D eigenvalue weighted by molar-refractivity contribution is 5.83. The number of nitrogens with zero attached hydrogens (tertiary/aromatic N) is 2. The van der Waals surface area contributed by atoms with Crippen molar-refractivity contribution in [1.82, 2.24) is 15.2 Å². The summed E-state index contributed by atoms with van der Waals surface area (Å²) in [4.78, 5) is 19.4. The molecule has 4 atom stereocenters. The summed E-state index contributed by atoms with van der Waals surface area (Å²) in [7, 11) is 0. The number of alkyl halides is 4. The van der Waals surface area contributed by atoms with E-state index in [1.165, 1.54) is 0 Å². The molecule has 1 saturated heterocycles. The molecule has 1 saturated carbocycles. The minimum Gasteiger partial charge on any atom is -0.378 e. The highest BCUT2D eigenvalue weighted by atomic mass is 19.4. The quantitative estimate of drug-likeness (QED) is 0.697. The molecule has 32 heavy (non-hydrogen) atoms. The van der Waals surface area contributed by atoms with Crippen molar-refractivity contribution in [1.29, 1.82) is 0 Å². The number of nitrogens with one attached hydrogen (secondary N) is 1. The molecular weight excluding hydrogens is 426 g/mol. The van der Waals surface area contributed by atoms with E-state index >= 15 is 0 Å². The third kappa shape index (κ3) is 4.51. The molecule has 2 fully saturated rings. The second-order valence-electron chi connectivity index (χ2n) is 9.71. The zero-order valence-corrected chi connectivity index (χ0v) is 18.6. The van der Waals surface area contributed by atoms with Crippen molar-refractivity contribution in [3.8, 4) is 0 Å². The average Bonchev–Trinajstić information content (AvgIpc) is 3.19. The summed E-state index contributed by atoms with van der Waals surface area (Å²) in [5, 5.41) is 3.41. The van der Waals surface area contributed by atoms with Crippen LogP contribution in [0.25, 0.3) is 0 Å². The molecule has 0 bridgehead atoms. The predicted octanol–water partition coefficient (Wildman–Crippen LogP) is 3.90. The molecule has 0 radical (unpaired) electrons. The van der Waals surface area contributed by atoms with Gasteiger partial charge in [0, 0.05) is 50.1 Å². The maximum atomic E-state index is 14.2. The van der Waals surface area contributed by atoms with Crippen molar-refractivity contribution < 1.29 is 27.1 Å². The molecule has 5 nitrogen and oxygen atoms in total. The van der Waals surface area contributed by atoms with Crippen LogP contribution in [-0.4, -0.2) is 53.8 Å². The number of aromatic nitrogens is 1. The molecule has 1 aliphatic carbocycles. The van der Waals surface area contributed by atoms with Gasteiger partial charge in [-0.1, -0.05) is 13.8 Å². The number of rotatable bonds is 4. The number of amides is 1. The Labute approximate surface area is 185 Å². The largest absolute Gasteiger partial charge is 0.417 e. The van der Waals surface area contributed by atoms with Crippen LogP contribution in [0.5, 0.6) is 0 Å². The molecule has 4 rings (SSSR count). The Balaban J connectivity index is 1.48. The maximum absolute atomic E-state index is 14.2. The van der Waals surface area contributed by atoms with Gasteiger partial charge in [-0.25, -0.2) is 4.39 Å². The van der Waals surface area contributed by atoms with Crippen LogP contribution in [0, 0.1) is 11.3 Å². The van der Waals surface area contributed by atoms with E-state index in [0.717, 1.165) is 18.7 Å². The van der Waals surface area contributed by atoms with Gasteiger partial charge in [-0.2, -0.15) is 13.2 Å². The highest BCUT2D eigenvalue weighted by Gasteiger charge is 2.50. The minimum atomic E-state index is -4.46. The maximum Gasteiger partial charge on any atom is 0.417 e. The van der Waals surface area contributed by atoms with Crippen molar-refractivity contribution in [2.45, 2.75) is 76.9 Å². The van der Waals surface area contributed by atoms with Crippen LogP contribution in [-0.2, 0) is 28.7 Å². The predicted molar refractivity (Wildman–Crippen MR) is 111 cm³/mol. The van der Waals surface area contributed by atoms with Gasteiger partial charge in [0.15, 0.2) is 0 Å². The molecule has 178 valence electrons. The summed E-state index contributed by atoms with van der Waals surface area (Å²) >= 11 is 0. The van der Waals surface area contributed by atoms with Crippen molar-refractivity contribution in [3.05, 3.63) is 29.1 Å². The van der Waals surface area contributed by atoms with E-state index in [1.807, 2.05) is 13.8 Å². The zero-order chi connectivity index (χ0) is 23.1. The fourth-order valence-electron chi connectivity index (χ4n) is 5.45. The summed E-state index contributed by atoms with van der Waals surface area (Å²) in [6, 6.07) is 0.897. The second kappa shape index (κ2) is 8.89. The highest BCUT2D eigenvalue weighted by Crippen LogP contribution is 2.47. The summed E-state index contributed by atoms with van der Waals surface area (Å²) in [5.74, 6) is 0.0577. The van der Waals surface area contributed by atoms with Gasteiger partial charge in [-0.15, -0.1) is 0 Å². The van der Waals surface area contributed by atoms with Gasteiger partial charge >= 0.3 is 6.18 Å². The van der Waals surface area contributed by atoms with Crippen molar-refractivity contribution in [3.63, 3.8) is 0 Å². The van der Waals surface area contributed by atoms with Crippen molar-refractivity contribution in [2.24, 2.45) is 11.3 Å². The molecule has 3 heterocycles. The Hall–Kier alpha value is -1.74. The molecule has 1 aromatic rings. The van der Waals surface area contributed by atoms with Crippen LogP contribution in [0.2, 0.25) is 0 Å². The Bertz CT molecular complexity index is 847. The fourth-order valence-corrected chi connectivity index (χ4v) is 5.45. The fraction of sp³-hybridized carbons (Fsp3) is 0.739. The van der Waals surface area contributed by atoms with Crippen LogP contribution in [0.4, 0.5) is 17.6 Å². The van der Waals surface area contributed by atoms with E-state index in [0.29, 0.717) is 50.1 Å². The standard InChI is InChI=1S/C23H31F4N3O2/c1-14(2)22(6-3-17(10-22)29-20-5-8-32-13-18(20)24)21(31)30-7-4-19-15(12-30)9-16(11-28-19)23(25,26)27/h9,11,14,17-18,20,29H,3-8,10,12-13H2,1-2H3/t17-,18+,20-,22+/m1/s1. The zero-order valence-electron chi connectivity index (χ0n) is 18.6. The molecule has 1 N–H and O–H groups in total. The van der Waals surface area contributed by atoms with Crippen molar-refractivity contribution in [2.75, 3.05) is 19.8 Å². The normalized spacial score (nSPS) is 31.1. The molecule has 3 aliphatic rings. The number of pyridine rings is 1. The van der Waals surface area contributed by atoms with E-state index < -0.39 is 23.3 Å². The SMILES string of the molecule is CC(C)[C@]1(C(=O)N2CCc3ncc(C(F)(F)F)cc3C2)CC[C@@H](N[C@@H]2CCOC[C@@H]2F)C1. The van der Waals surface area contributed by atoms with Gasteiger partial charge in [0.05, 0.1) is 17.6 Å². The first-order chi connectivity index (χ1) is 15.1. The molecule has 9 heteroatoms. The van der Waals surface area contributed by atoms with Gasteiger partial charge in [0.1, 0.15) is 6.17 Å². The van der Waals surface area contributed by atoms with Gasteiger partial charge in [-0.3, -0.25) is 9.78 Å². The summed E-state index contributed by atoms with van der Waals surface area (Å²) in [5.41, 5.74) is -0.290. The second-order valence-corrected chi connectivity index (χ2v) is 9.71. The third-order valence-corrected chi connectivity index (χ3v) is 7.47. The molecule has 0 spiro atoms. The van der Waals surface area contributed by atoms with Crippen LogP contribution in [0.15, 0.2) is 12.3 Å². The Morgan fingerprint density at radius 1 is 1.34 bits per heavy atom. The topological polar surface area (TPSA) is 54.5 Å².